The average molecular weight is 218 g/mol. The molecule has 1 aliphatic rings. The molecule has 0 atom stereocenters. The molecule has 1 aliphatic heterocycles. The summed E-state index contributed by atoms with van der Waals surface area (Å²) < 4.78 is 0. The molecule has 16 heavy (non-hydrogen) atoms. The normalized spacial score (nSPS) is 15.2. The van der Waals surface area contributed by atoms with Crippen molar-refractivity contribution in [2.24, 2.45) is 0 Å². The van der Waals surface area contributed by atoms with Gasteiger partial charge in [0.2, 0.25) is 0 Å². The van der Waals surface area contributed by atoms with Gasteiger partial charge in [0.1, 0.15) is 0 Å². The maximum atomic E-state index is 3.41. The molecule has 88 valence electrons. The van der Waals surface area contributed by atoms with Crippen LogP contribution < -0.4 is 5.32 Å². The summed E-state index contributed by atoms with van der Waals surface area (Å²) in [6.07, 6.45) is 1.18. The van der Waals surface area contributed by atoms with Crippen LogP contribution >= 0.6 is 0 Å². The van der Waals surface area contributed by atoms with E-state index in [4.69, 9.17) is 0 Å². The molecule has 0 amide bonds. The molecule has 0 aromatic heterocycles. The van der Waals surface area contributed by atoms with Crippen LogP contribution in [0.2, 0.25) is 0 Å². The SMILES string of the molecule is CCN(CC)Cc1ccc2c(c1)CCNC2. The van der Waals surface area contributed by atoms with Crippen molar-refractivity contribution in [2.45, 2.75) is 33.4 Å². The molecule has 1 aromatic carbocycles. The van der Waals surface area contributed by atoms with E-state index in [0.29, 0.717) is 0 Å². The van der Waals surface area contributed by atoms with E-state index in [9.17, 15) is 0 Å². The Morgan fingerprint density at radius 2 is 2.00 bits per heavy atom. The minimum atomic E-state index is 1.04. The number of hydrogen-bond acceptors (Lipinski definition) is 2. The minimum absolute atomic E-state index is 1.04. The van der Waals surface area contributed by atoms with E-state index in [0.717, 1.165) is 32.7 Å². The predicted octanol–water partition coefficient (Wildman–Crippen LogP) is 2.17. The van der Waals surface area contributed by atoms with Crippen molar-refractivity contribution in [1.29, 1.82) is 0 Å². The third-order valence-electron chi connectivity index (χ3n) is 3.46. The topological polar surface area (TPSA) is 15.3 Å². The van der Waals surface area contributed by atoms with E-state index >= 15 is 0 Å². The second-order valence-electron chi connectivity index (χ2n) is 4.49. The summed E-state index contributed by atoms with van der Waals surface area (Å²) in [6, 6.07) is 6.97. The maximum Gasteiger partial charge on any atom is 0.0233 e. The third kappa shape index (κ3) is 2.63. The fourth-order valence-corrected chi connectivity index (χ4v) is 2.33. The zero-order valence-corrected chi connectivity index (χ0v) is 10.4. The fraction of sp³-hybridized carbons (Fsp3) is 0.571. The molecule has 0 bridgehead atoms. The van der Waals surface area contributed by atoms with Crippen LogP contribution in [0.4, 0.5) is 0 Å². The molecular formula is C14H22N2. The zero-order chi connectivity index (χ0) is 11.4. The average Bonchev–Trinajstić information content (AvgIpc) is 2.35. The minimum Gasteiger partial charge on any atom is -0.312 e. The van der Waals surface area contributed by atoms with Gasteiger partial charge in [0, 0.05) is 13.1 Å². The van der Waals surface area contributed by atoms with Crippen molar-refractivity contribution in [2.75, 3.05) is 19.6 Å². The molecule has 0 unspecified atom stereocenters. The molecule has 1 heterocycles. The first-order valence-corrected chi connectivity index (χ1v) is 6.37. The Labute approximate surface area is 98.7 Å². The number of rotatable bonds is 4. The van der Waals surface area contributed by atoms with Gasteiger partial charge < -0.3 is 5.32 Å². The first kappa shape index (κ1) is 11.6. The van der Waals surface area contributed by atoms with E-state index in [2.05, 4.69) is 42.3 Å². The summed E-state index contributed by atoms with van der Waals surface area (Å²) in [5.41, 5.74) is 4.49. The number of nitrogens with zero attached hydrogens (tertiary/aromatic N) is 1. The largest absolute Gasteiger partial charge is 0.312 e. The van der Waals surface area contributed by atoms with Crippen LogP contribution in [0.1, 0.15) is 30.5 Å². The van der Waals surface area contributed by atoms with Crippen molar-refractivity contribution >= 4 is 0 Å². The van der Waals surface area contributed by atoms with Gasteiger partial charge in [0.05, 0.1) is 0 Å². The highest BCUT2D eigenvalue weighted by atomic mass is 15.1. The molecule has 1 aromatic rings. The fourth-order valence-electron chi connectivity index (χ4n) is 2.33. The van der Waals surface area contributed by atoms with Crippen LogP contribution in [0.25, 0.3) is 0 Å². The summed E-state index contributed by atoms with van der Waals surface area (Å²) in [5, 5.41) is 3.41. The Kier molecular flexibility index (Phi) is 3.97. The van der Waals surface area contributed by atoms with Crippen LogP contribution in [0, 0.1) is 0 Å². The van der Waals surface area contributed by atoms with Gasteiger partial charge in [0.15, 0.2) is 0 Å². The molecule has 2 nitrogen and oxygen atoms in total. The highest BCUT2D eigenvalue weighted by molar-refractivity contribution is 5.33. The molecule has 2 rings (SSSR count). The van der Waals surface area contributed by atoms with Crippen molar-refractivity contribution in [1.82, 2.24) is 10.2 Å². The van der Waals surface area contributed by atoms with Crippen molar-refractivity contribution in [3.63, 3.8) is 0 Å². The van der Waals surface area contributed by atoms with Gasteiger partial charge >= 0.3 is 0 Å². The summed E-state index contributed by atoms with van der Waals surface area (Å²) in [7, 11) is 0. The van der Waals surface area contributed by atoms with Crippen molar-refractivity contribution < 1.29 is 0 Å². The van der Waals surface area contributed by atoms with E-state index in [-0.39, 0.29) is 0 Å². The zero-order valence-electron chi connectivity index (χ0n) is 10.4. The van der Waals surface area contributed by atoms with Gasteiger partial charge in [-0.25, -0.2) is 0 Å². The van der Waals surface area contributed by atoms with Gasteiger partial charge in [-0.05, 0) is 42.7 Å². The first-order valence-electron chi connectivity index (χ1n) is 6.37. The lowest BCUT2D eigenvalue weighted by Crippen LogP contribution is -2.25. The van der Waals surface area contributed by atoms with Crippen molar-refractivity contribution in [3.8, 4) is 0 Å². The second kappa shape index (κ2) is 5.46. The molecular weight excluding hydrogens is 196 g/mol. The van der Waals surface area contributed by atoms with Crippen LogP contribution in [-0.4, -0.2) is 24.5 Å². The Morgan fingerprint density at radius 1 is 1.19 bits per heavy atom. The molecule has 2 heteroatoms. The first-order chi connectivity index (χ1) is 7.83. The standard InChI is InChI=1S/C14H22N2/c1-3-16(4-2)11-12-5-6-14-10-15-8-7-13(14)9-12/h5-6,9,15H,3-4,7-8,10-11H2,1-2H3. The molecule has 0 saturated heterocycles. The quantitative estimate of drug-likeness (QED) is 0.833. The molecule has 1 N–H and O–H groups in total. The van der Waals surface area contributed by atoms with Crippen molar-refractivity contribution in [3.05, 3.63) is 34.9 Å². The molecule has 0 fully saturated rings. The summed E-state index contributed by atoms with van der Waals surface area (Å²) >= 11 is 0. The van der Waals surface area contributed by atoms with Gasteiger partial charge in [0.25, 0.3) is 0 Å². The lowest BCUT2D eigenvalue weighted by Gasteiger charge is -2.21. The van der Waals surface area contributed by atoms with Gasteiger partial charge in [-0.15, -0.1) is 0 Å². The Balaban J connectivity index is 2.10. The highest BCUT2D eigenvalue weighted by Crippen LogP contribution is 2.16. The van der Waals surface area contributed by atoms with Crippen LogP contribution in [-0.2, 0) is 19.5 Å². The lowest BCUT2D eigenvalue weighted by molar-refractivity contribution is 0.295. The maximum absolute atomic E-state index is 3.41. The number of hydrogen-bond donors (Lipinski definition) is 1. The molecule has 0 aliphatic carbocycles. The van der Waals surface area contributed by atoms with Gasteiger partial charge in [-0.2, -0.15) is 0 Å². The molecule has 0 saturated carbocycles. The monoisotopic (exact) mass is 218 g/mol. The summed E-state index contributed by atoms with van der Waals surface area (Å²) in [4.78, 5) is 2.46. The number of nitrogens with one attached hydrogen (secondary N) is 1. The Bertz CT molecular complexity index is 343. The van der Waals surface area contributed by atoms with E-state index in [1.807, 2.05) is 0 Å². The smallest absolute Gasteiger partial charge is 0.0233 e. The van der Waals surface area contributed by atoms with E-state index < -0.39 is 0 Å². The summed E-state index contributed by atoms with van der Waals surface area (Å²) in [6.45, 7) is 9.98. The molecule has 0 spiro atoms. The lowest BCUT2D eigenvalue weighted by atomic mass is 9.98. The Morgan fingerprint density at radius 3 is 2.75 bits per heavy atom. The number of fused-ring (bicyclic) bond motifs is 1. The Hall–Kier alpha value is -0.860. The number of benzene rings is 1. The van der Waals surface area contributed by atoms with Crippen LogP contribution in [0.3, 0.4) is 0 Å². The van der Waals surface area contributed by atoms with E-state index in [1.54, 1.807) is 5.56 Å². The molecule has 0 radical (unpaired) electrons. The van der Waals surface area contributed by atoms with Gasteiger partial charge in [-0.1, -0.05) is 32.0 Å². The van der Waals surface area contributed by atoms with Crippen LogP contribution in [0.5, 0.6) is 0 Å². The van der Waals surface area contributed by atoms with Crippen LogP contribution in [0.15, 0.2) is 18.2 Å². The van der Waals surface area contributed by atoms with E-state index in [1.165, 1.54) is 17.5 Å². The predicted molar refractivity (Wildman–Crippen MR) is 68.5 cm³/mol. The highest BCUT2D eigenvalue weighted by Gasteiger charge is 2.09. The summed E-state index contributed by atoms with van der Waals surface area (Å²) in [5.74, 6) is 0. The second-order valence-corrected chi connectivity index (χ2v) is 4.49. The third-order valence-corrected chi connectivity index (χ3v) is 3.46. The van der Waals surface area contributed by atoms with Gasteiger partial charge in [-0.3, -0.25) is 4.90 Å².